The molecule has 0 unspecified atom stereocenters. The van der Waals surface area contributed by atoms with Gasteiger partial charge >= 0.3 is 0 Å². The molecule has 6 atom stereocenters. The van der Waals surface area contributed by atoms with Crippen LogP contribution in [-0.4, -0.2) is 26.6 Å². The van der Waals surface area contributed by atoms with Crippen LogP contribution in [0.25, 0.3) is 0 Å². The topological polar surface area (TPSA) is 21.8 Å². The van der Waals surface area contributed by atoms with Crippen molar-refractivity contribution in [3.63, 3.8) is 0 Å². The summed E-state index contributed by atoms with van der Waals surface area (Å²) in [6.45, 7) is 11.2. The summed E-state index contributed by atoms with van der Waals surface area (Å²) in [6, 6.07) is 22.1. The van der Waals surface area contributed by atoms with Crippen molar-refractivity contribution >= 4 is 18.7 Å². The number of rotatable bonds is 6. The van der Waals surface area contributed by atoms with Gasteiger partial charge in [-0.05, 0) is 52.4 Å². The van der Waals surface area contributed by atoms with E-state index in [2.05, 4.69) is 94.1 Å². The van der Waals surface area contributed by atoms with E-state index in [1.165, 1.54) is 16.8 Å². The minimum atomic E-state index is -2.52. The monoisotopic (exact) mass is 418 g/mol. The van der Waals surface area contributed by atoms with Crippen LogP contribution < -0.4 is 10.4 Å². The van der Waals surface area contributed by atoms with E-state index in [-0.39, 0.29) is 11.1 Å². The predicted octanol–water partition coefficient (Wildman–Crippen LogP) is 4.93. The lowest BCUT2D eigenvalue weighted by Crippen LogP contribution is -2.68. The highest BCUT2D eigenvalue weighted by molar-refractivity contribution is 6.99. The molecule has 1 saturated heterocycles. The molecule has 1 aliphatic heterocycles. The summed E-state index contributed by atoms with van der Waals surface area (Å²) in [6.07, 6.45) is 6.80. The van der Waals surface area contributed by atoms with Gasteiger partial charge in [0.25, 0.3) is 8.32 Å². The molecule has 3 fully saturated rings. The maximum Gasteiger partial charge on any atom is 0.261 e. The maximum absolute atomic E-state index is 7.54. The average molecular weight is 419 g/mol. The van der Waals surface area contributed by atoms with E-state index in [1.54, 1.807) is 0 Å². The molecule has 0 spiro atoms. The van der Waals surface area contributed by atoms with Crippen molar-refractivity contribution in [2.24, 2.45) is 17.8 Å². The Hall–Kier alpha value is -1.68. The molecular formula is C27H34O2Si. The number of hydrogen-bond donors (Lipinski definition) is 0. The molecule has 2 saturated carbocycles. The number of hydrogen-bond acceptors (Lipinski definition) is 2. The molecule has 30 heavy (non-hydrogen) atoms. The Bertz CT molecular complexity index is 849. The first kappa shape index (κ1) is 20.2. The fourth-order valence-corrected chi connectivity index (χ4v) is 11.2. The van der Waals surface area contributed by atoms with Crippen LogP contribution in [0.1, 0.15) is 40.0 Å². The first-order chi connectivity index (χ1) is 14.5. The Morgan fingerprint density at radius 1 is 0.967 bits per heavy atom. The molecule has 0 amide bonds. The van der Waals surface area contributed by atoms with Crippen molar-refractivity contribution in [1.29, 1.82) is 0 Å². The quantitative estimate of drug-likeness (QED) is 0.377. The molecule has 0 bridgehead atoms. The van der Waals surface area contributed by atoms with Crippen molar-refractivity contribution in [1.82, 2.24) is 0 Å². The number of allylic oxidation sites excluding steroid dienone is 1. The van der Waals surface area contributed by atoms with Gasteiger partial charge in [0.2, 0.25) is 0 Å². The van der Waals surface area contributed by atoms with Crippen molar-refractivity contribution in [2.45, 2.75) is 63.4 Å². The molecule has 2 nitrogen and oxygen atoms in total. The highest BCUT2D eigenvalue weighted by Gasteiger charge is 2.63. The van der Waals surface area contributed by atoms with Crippen LogP contribution in [0.15, 0.2) is 73.3 Å². The van der Waals surface area contributed by atoms with Gasteiger partial charge in [0.1, 0.15) is 0 Å². The van der Waals surface area contributed by atoms with Gasteiger partial charge in [0, 0.05) is 6.10 Å². The average Bonchev–Trinajstić information content (AvgIpc) is 3.31. The fraction of sp³-hybridized carbons (Fsp3) is 0.481. The van der Waals surface area contributed by atoms with E-state index in [0.717, 1.165) is 18.8 Å². The second kappa shape index (κ2) is 7.47. The lowest BCUT2D eigenvalue weighted by atomic mass is 9.88. The Labute approximate surface area is 182 Å². The molecule has 2 aromatic carbocycles. The van der Waals surface area contributed by atoms with Gasteiger partial charge in [0.15, 0.2) is 0 Å². The second-order valence-electron chi connectivity index (χ2n) is 10.4. The largest absolute Gasteiger partial charge is 0.404 e. The Kier molecular flexibility index (Phi) is 5.04. The standard InChI is InChI=1S/C27H34O2Si/c1-5-12-21-22-17-25-26(28-25)23(22)18-24(21)29-30(27(2,3)4,19-13-8-6-9-14-19)20-15-10-7-11-16-20/h5-11,13-16,21-26H,1,12,17-18H2,2-4H3/t21-,22-,23+,24-,25+,26-/m1/s1. The van der Waals surface area contributed by atoms with E-state index >= 15 is 0 Å². The van der Waals surface area contributed by atoms with Crippen molar-refractivity contribution < 1.29 is 9.16 Å². The highest BCUT2D eigenvalue weighted by atomic mass is 28.4. The van der Waals surface area contributed by atoms with Gasteiger partial charge in [-0.2, -0.15) is 0 Å². The minimum absolute atomic E-state index is 0.0186. The second-order valence-corrected chi connectivity index (χ2v) is 14.7. The molecular weight excluding hydrogens is 384 g/mol. The van der Waals surface area contributed by atoms with Crippen LogP contribution >= 0.6 is 0 Å². The first-order valence-electron chi connectivity index (χ1n) is 11.5. The molecule has 158 valence electrons. The molecule has 1 heterocycles. The molecule has 2 aromatic rings. The van der Waals surface area contributed by atoms with Gasteiger partial charge < -0.3 is 9.16 Å². The van der Waals surface area contributed by atoms with Crippen molar-refractivity contribution in [3.8, 4) is 0 Å². The Morgan fingerprint density at radius 2 is 1.57 bits per heavy atom. The van der Waals surface area contributed by atoms with Crippen LogP contribution in [-0.2, 0) is 9.16 Å². The van der Waals surface area contributed by atoms with Gasteiger partial charge in [-0.25, -0.2) is 0 Å². The summed E-state index contributed by atoms with van der Waals surface area (Å²) in [4.78, 5) is 0. The third-order valence-corrected chi connectivity index (χ3v) is 12.9. The van der Waals surface area contributed by atoms with Crippen LogP contribution in [0.5, 0.6) is 0 Å². The van der Waals surface area contributed by atoms with Crippen molar-refractivity contribution in [3.05, 3.63) is 73.3 Å². The summed E-state index contributed by atoms with van der Waals surface area (Å²) in [5.74, 6) is 1.96. The van der Waals surface area contributed by atoms with E-state index in [1.807, 2.05) is 0 Å². The molecule has 0 aromatic heterocycles. The van der Waals surface area contributed by atoms with E-state index in [4.69, 9.17) is 9.16 Å². The smallest absolute Gasteiger partial charge is 0.261 e. The van der Waals surface area contributed by atoms with E-state index in [0.29, 0.717) is 24.0 Å². The summed E-state index contributed by atoms with van der Waals surface area (Å²) in [7, 11) is -2.52. The van der Waals surface area contributed by atoms with Gasteiger partial charge in [-0.1, -0.05) is 87.5 Å². The van der Waals surface area contributed by atoms with Crippen LogP contribution in [0.2, 0.25) is 5.04 Å². The van der Waals surface area contributed by atoms with Crippen LogP contribution in [0.4, 0.5) is 0 Å². The molecule has 0 radical (unpaired) electrons. The summed E-state index contributed by atoms with van der Waals surface area (Å²) in [5, 5.41) is 2.77. The van der Waals surface area contributed by atoms with E-state index in [9.17, 15) is 0 Å². The normalized spacial score (nSPS) is 32.5. The Balaban J connectivity index is 1.59. The number of fused-ring (bicyclic) bond motifs is 3. The number of benzene rings is 2. The zero-order valence-electron chi connectivity index (χ0n) is 18.5. The zero-order chi connectivity index (χ0) is 20.9. The lowest BCUT2D eigenvalue weighted by molar-refractivity contribution is 0.127. The van der Waals surface area contributed by atoms with Crippen molar-refractivity contribution in [2.75, 3.05) is 0 Å². The molecule has 5 rings (SSSR count). The third kappa shape index (κ3) is 3.14. The summed E-state index contributed by atoms with van der Waals surface area (Å²) in [5.41, 5.74) is 0. The van der Waals surface area contributed by atoms with Gasteiger partial charge in [-0.15, -0.1) is 6.58 Å². The summed E-state index contributed by atoms with van der Waals surface area (Å²) < 4.78 is 13.5. The zero-order valence-corrected chi connectivity index (χ0v) is 19.5. The predicted molar refractivity (Wildman–Crippen MR) is 126 cm³/mol. The first-order valence-corrected chi connectivity index (χ1v) is 13.4. The fourth-order valence-electron chi connectivity index (χ4n) is 6.50. The highest BCUT2D eigenvalue weighted by Crippen LogP contribution is 2.58. The SMILES string of the molecule is C=CC[C@@H]1[C@H]2C[C@@H]3O[C@@H]3[C@H]2C[C@H]1O[Si](c1ccccc1)(c1ccccc1)C(C)(C)C. The number of epoxide rings is 1. The van der Waals surface area contributed by atoms with Crippen LogP contribution in [0, 0.1) is 17.8 Å². The number of ether oxygens (including phenoxy) is 1. The minimum Gasteiger partial charge on any atom is -0.404 e. The van der Waals surface area contributed by atoms with Gasteiger partial charge in [0.05, 0.1) is 12.2 Å². The molecule has 2 aliphatic carbocycles. The Morgan fingerprint density at radius 3 is 2.10 bits per heavy atom. The maximum atomic E-state index is 7.54. The molecule has 0 N–H and O–H groups in total. The van der Waals surface area contributed by atoms with Crippen LogP contribution in [0.3, 0.4) is 0 Å². The lowest BCUT2D eigenvalue weighted by Gasteiger charge is -2.46. The van der Waals surface area contributed by atoms with E-state index < -0.39 is 8.32 Å². The van der Waals surface area contributed by atoms with Gasteiger partial charge in [-0.3, -0.25) is 0 Å². The molecule has 3 aliphatic rings. The summed E-state index contributed by atoms with van der Waals surface area (Å²) >= 11 is 0. The third-order valence-electron chi connectivity index (χ3n) is 7.81. The molecule has 3 heteroatoms.